The molecule has 0 aromatic carbocycles. The zero-order valence-electron chi connectivity index (χ0n) is 15.5. The van der Waals surface area contributed by atoms with Crippen LogP contribution in [0.1, 0.15) is 26.5 Å². The lowest BCUT2D eigenvalue weighted by molar-refractivity contribution is -0.0882. The SMILES string of the molecule is Nc1nc(Cl)c(C#Cc2ccc(C(=O)C(F)(F)F)s2)c(N[C@@H]2C[C@H](CO)[C@@H](O)[C@H]2O)n1. The summed E-state index contributed by atoms with van der Waals surface area (Å²) in [6.07, 6.45) is -7.12. The highest BCUT2D eigenvalue weighted by Gasteiger charge is 2.42. The van der Waals surface area contributed by atoms with Crippen molar-refractivity contribution in [2.24, 2.45) is 5.92 Å². The molecular weight excluding hydrogens is 461 g/mol. The van der Waals surface area contributed by atoms with Gasteiger partial charge in [0, 0.05) is 12.5 Å². The van der Waals surface area contributed by atoms with Gasteiger partial charge in [0.2, 0.25) is 5.95 Å². The van der Waals surface area contributed by atoms with Crippen LogP contribution in [0.5, 0.6) is 0 Å². The van der Waals surface area contributed by atoms with E-state index in [1.165, 1.54) is 6.07 Å². The molecule has 1 aliphatic rings. The summed E-state index contributed by atoms with van der Waals surface area (Å²) in [7, 11) is 0. The van der Waals surface area contributed by atoms with Crippen LogP contribution in [0.3, 0.4) is 0 Å². The molecule has 0 unspecified atom stereocenters. The predicted molar refractivity (Wildman–Crippen MR) is 107 cm³/mol. The molecule has 1 fully saturated rings. The highest BCUT2D eigenvalue weighted by atomic mass is 35.5. The molecule has 3 rings (SSSR count). The van der Waals surface area contributed by atoms with Gasteiger partial charge in [-0.15, -0.1) is 11.3 Å². The first-order valence-electron chi connectivity index (χ1n) is 8.81. The second kappa shape index (κ2) is 8.97. The highest BCUT2D eigenvalue weighted by Crippen LogP contribution is 2.31. The van der Waals surface area contributed by atoms with Crippen LogP contribution >= 0.6 is 22.9 Å². The average Bonchev–Trinajstić information content (AvgIpc) is 3.26. The van der Waals surface area contributed by atoms with Crippen LogP contribution in [0.25, 0.3) is 0 Å². The number of rotatable bonds is 4. The number of anilines is 2. The number of nitrogen functional groups attached to an aromatic ring is 1. The van der Waals surface area contributed by atoms with Crippen LogP contribution in [0.15, 0.2) is 12.1 Å². The molecule has 13 heteroatoms. The first kappa shape index (κ1) is 23.2. The number of aromatic nitrogens is 2. The molecule has 2 heterocycles. The number of Topliss-reactive ketones (excluding diaryl/α,β-unsaturated/α-hetero) is 1. The van der Waals surface area contributed by atoms with Crippen LogP contribution in [0.4, 0.5) is 24.9 Å². The molecular formula is C18H16ClF3N4O4S. The Morgan fingerprint density at radius 3 is 2.61 bits per heavy atom. The summed E-state index contributed by atoms with van der Waals surface area (Å²) in [6, 6.07) is 1.59. The first-order chi connectivity index (χ1) is 14.5. The Kier molecular flexibility index (Phi) is 6.73. The van der Waals surface area contributed by atoms with Gasteiger partial charge >= 0.3 is 6.18 Å². The number of hydrogen-bond donors (Lipinski definition) is 5. The number of hydrogen-bond acceptors (Lipinski definition) is 9. The Bertz CT molecular complexity index is 1050. The summed E-state index contributed by atoms with van der Waals surface area (Å²) in [5.41, 5.74) is 5.67. The van der Waals surface area contributed by atoms with Crippen LogP contribution in [-0.2, 0) is 0 Å². The monoisotopic (exact) mass is 476 g/mol. The van der Waals surface area contributed by atoms with E-state index in [-0.39, 0.29) is 40.4 Å². The molecule has 6 N–H and O–H groups in total. The standard InChI is InChI=1S/C18H16ClF3N4O4S/c19-15-9(3-1-8-2-4-11(31-8)14(30)18(20,21)22)16(26-17(23)25-15)24-10-5-7(6-27)12(28)13(10)29/h2,4,7,10,12-13,27-29H,5-6H2,(H3,23,24,25,26)/t7-,10-,12-,13+/m1/s1. The fraction of sp³-hybridized carbons (Fsp3) is 0.389. The molecule has 4 atom stereocenters. The number of ketones is 1. The van der Waals surface area contributed by atoms with Crippen molar-refractivity contribution < 1.29 is 33.3 Å². The van der Waals surface area contributed by atoms with E-state index < -0.39 is 41.0 Å². The van der Waals surface area contributed by atoms with Gasteiger partial charge in [-0.25, -0.2) is 0 Å². The number of thiophene rings is 1. The van der Waals surface area contributed by atoms with E-state index in [1.54, 1.807) is 0 Å². The van der Waals surface area contributed by atoms with E-state index in [9.17, 15) is 33.3 Å². The number of halogens is 4. The van der Waals surface area contributed by atoms with Gasteiger partial charge in [0.05, 0.1) is 21.9 Å². The van der Waals surface area contributed by atoms with E-state index in [0.717, 1.165) is 6.07 Å². The Morgan fingerprint density at radius 2 is 2.00 bits per heavy atom. The first-order valence-corrected chi connectivity index (χ1v) is 10.0. The number of aliphatic hydroxyl groups excluding tert-OH is 3. The fourth-order valence-electron chi connectivity index (χ4n) is 3.08. The van der Waals surface area contributed by atoms with E-state index in [0.29, 0.717) is 11.3 Å². The molecule has 166 valence electrons. The molecule has 0 spiro atoms. The predicted octanol–water partition coefficient (Wildman–Crippen LogP) is 1.43. The van der Waals surface area contributed by atoms with E-state index in [4.69, 9.17) is 17.3 Å². The third-order valence-electron chi connectivity index (χ3n) is 4.64. The Labute approximate surface area is 182 Å². The summed E-state index contributed by atoms with van der Waals surface area (Å²) in [4.78, 5) is 18.8. The number of carbonyl (C=O) groups is 1. The van der Waals surface area contributed by atoms with Crippen LogP contribution in [0, 0.1) is 17.8 Å². The Balaban J connectivity index is 1.89. The minimum absolute atomic E-state index is 0.0444. The van der Waals surface area contributed by atoms with Gasteiger partial charge in [-0.2, -0.15) is 23.1 Å². The summed E-state index contributed by atoms with van der Waals surface area (Å²) in [5, 5.41) is 32.2. The Hall–Kier alpha value is -2.43. The third kappa shape index (κ3) is 5.08. The lowest BCUT2D eigenvalue weighted by Gasteiger charge is -2.19. The molecule has 0 bridgehead atoms. The van der Waals surface area contributed by atoms with Crippen molar-refractivity contribution in [1.82, 2.24) is 9.97 Å². The van der Waals surface area contributed by atoms with Gasteiger partial charge in [-0.1, -0.05) is 23.4 Å². The fourth-order valence-corrected chi connectivity index (χ4v) is 4.12. The number of carbonyl (C=O) groups excluding carboxylic acids is 1. The van der Waals surface area contributed by atoms with Crippen LogP contribution in [0.2, 0.25) is 5.15 Å². The molecule has 0 radical (unpaired) electrons. The molecule has 0 saturated heterocycles. The van der Waals surface area contributed by atoms with Crippen molar-refractivity contribution in [3.8, 4) is 11.8 Å². The van der Waals surface area contributed by atoms with Gasteiger partial charge in [0.25, 0.3) is 5.78 Å². The molecule has 31 heavy (non-hydrogen) atoms. The second-order valence-electron chi connectivity index (χ2n) is 6.75. The Morgan fingerprint density at radius 1 is 1.29 bits per heavy atom. The molecule has 0 aliphatic heterocycles. The zero-order chi connectivity index (χ0) is 22.9. The van der Waals surface area contributed by atoms with E-state index in [2.05, 4.69) is 27.1 Å². The molecule has 1 saturated carbocycles. The second-order valence-corrected chi connectivity index (χ2v) is 8.19. The van der Waals surface area contributed by atoms with Gasteiger partial charge in [-0.3, -0.25) is 4.79 Å². The number of nitrogens with one attached hydrogen (secondary N) is 1. The summed E-state index contributed by atoms with van der Waals surface area (Å²) in [5.74, 6) is 2.58. The van der Waals surface area contributed by atoms with Gasteiger partial charge in [0.1, 0.15) is 17.5 Å². The third-order valence-corrected chi connectivity index (χ3v) is 5.91. The van der Waals surface area contributed by atoms with Crippen molar-refractivity contribution in [3.05, 3.63) is 32.6 Å². The van der Waals surface area contributed by atoms with Gasteiger partial charge in [0.15, 0.2) is 5.15 Å². The van der Waals surface area contributed by atoms with Crippen molar-refractivity contribution in [2.75, 3.05) is 17.7 Å². The average molecular weight is 477 g/mol. The quantitative estimate of drug-likeness (QED) is 0.253. The van der Waals surface area contributed by atoms with Crippen LogP contribution in [-0.4, -0.2) is 62.1 Å². The normalized spacial score (nSPS) is 23.3. The van der Waals surface area contributed by atoms with Gasteiger partial charge < -0.3 is 26.4 Å². The summed E-state index contributed by atoms with van der Waals surface area (Å²) in [6.45, 7) is -0.326. The maximum Gasteiger partial charge on any atom is 0.455 e. The van der Waals surface area contributed by atoms with E-state index in [1.807, 2.05) is 0 Å². The van der Waals surface area contributed by atoms with Crippen molar-refractivity contribution in [3.63, 3.8) is 0 Å². The molecule has 0 amide bonds. The smallest absolute Gasteiger partial charge is 0.396 e. The topological polar surface area (TPSA) is 142 Å². The van der Waals surface area contributed by atoms with Gasteiger partial charge in [-0.05, 0) is 18.6 Å². The van der Waals surface area contributed by atoms with Crippen molar-refractivity contribution >= 4 is 40.5 Å². The number of nitrogens with two attached hydrogens (primary N) is 1. The largest absolute Gasteiger partial charge is 0.455 e. The lowest BCUT2D eigenvalue weighted by atomic mass is 10.1. The maximum atomic E-state index is 12.6. The van der Waals surface area contributed by atoms with Crippen molar-refractivity contribution in [1.29, 1.82) is 0 Å². The molecule has 2 aromatic rings. The number of aliphatic hydroxyl groups is 3. The minimum atomic E-state index is -4.99. The molecule has 2 aromatic heterocycles. The minimum Gasteiger partial charge on any atom is -0.396 e. The highest BCUT2D eigenvalue weighted by molar-refractivity contribution is 7.14. The van der Waals surface area contributed by atoms with E-state index >= 15 is 0 Å². The van der Waals surface area contributed by atoms with Crippen LogP contribution < -0.4 is 11.1 Å². The number of alkyl halides is 3. The zero-order valence-corrected chi connectivity index (χ0v) is 17.1. The maximum absolute atomic E-state index is 12.6. The lowest BCUT2D eigenvalue weighted by Crippen LogP contribution is -2.35. The molecule has 8 nitrogen and oxygen atoms in total. The molecule has 1 aliphatic carbocycles. The summed E-state index contributed by atoms with van der Waals surface area (Å²) >= 11 is 6.66. The number of nitrogens with zero attached hydrogens (tertiary/aromatic N) is 2. The van der Waals surface area contributed by atoms with Crippen molar-refractivity contribution in [2.45, 2.75) is 30.8 Å². The summed E-state index contributed by atoms with van der Waals surface area (Å²) < 4.78 is 37.7.